The molecule has 2 aromatic rings. The molecule has 2 aliphatic rings. The zero-order chi connectivity index (χ0) is 19.0. The quantitative estimate of drug-likeness (QED) is 0.698. The predicted molar refractivity (Wildman–Crippen MR) is 99.5 cm³/mol. The van der Waals surface area contributed by atoms with E-state index in [1.165, 1.54) is 12.1 Å². The largest absolute Gasteiger partial charge is 1.00 e. The van der Waals surface area contributed by atoms with Crippen LogP contribution >= 0.6 is 0 Å². The number of alkyl halides is 2. The van der Waals surface area contributed by atoms with Crippen molar-refractivity contribution in [1.29, 1.82) is 0 Å². The minimum atomic E-state index is -2.86. The second-order valence-electron chi connectivity index (χ2n) is 7.12. The molecule has 0 amide bonds. The molecule has 0 aromatic heterocycles. The molecular weight excluding hydrogens is 430 g/mol. The molecule has 0 aliphatic carbocycles. The second kappa shape index (κ2) is 8.17. The Morgan fingerprint density at radius 2 is 1.82 bits per heavy atom. The molecule has 4 rings (SSSR count). The third-order valence-electron chi connectivity index (χ3n) is 5.43. The molecule has 2 aromatic carbocycles. The fourth-order valence-corrected chi connectivity index (χ4v) is 4.13. The van der Waals surface area contributed by atoms with E-state index >= 15 is 0 Å². The average molecular weight is 453 g/mol. The Labute approximate surface area is 173 Å². The standard InChI is InChI=1S/C21H23F2N2O2.BrH/c1-15-6-2-3-7-18(15)24-14-21(26,25-13-5-4-8-19(24)25)16-9-11-17(12-10-16)27-20(22)23;/h2-3,6-7,9-12,20,26H,4-5,8,13-14H2,1H3;1H/q+1;/p-1. The Kier molecular flexibility index (Phi) is 6.05. The Morgan fingerprint density at radius 1 is 1.11 bits per heavy atom. The summed E-state index contributed by atoms with van der Waals surface area (Å²) in [7, 11) is 0. The lowest BCUT2D eigenvalue weighted by atomic mass is 10.0. The van der Waals surface area contributed by atoms with Crippen molar-refractivity contribution in [1.82, 2.24) is 0 Å². The van der Waals surface area contributed by atoms with E-state index in [4.69, 9.17) is 0 Å². The van der Waals surface area contributed by atoms with Gasteiger partial charge in [-0.2, -0.15) is 8.78 Å². The molecule has 150 valence electrons. The molecule has 0 fully saturated rings. The number of rotatable bonds is 4. The highest BCUT2D eigenvalue weighted by atomic mass is 79.9. The number of nitrogens with zero attached hydrogens (tertiary/aromatic N) is 2. The Bertz CT molecular complexity index is 873. The van der Waals surface area contributed by atoms with Crippen molar-refractivity contribution in [2.45, 2.75) is 38.5 Å². The minimum Gasteiger partial charge on any atom is -1.00 e. The summed E-state index contributed by atoms with van der Waals surface area (Å²) in [6.45, 7) is 0.381. The van der Waals surface area contributed by atoms with Gasteiger partial charge in [0, 0.05) is 12.0 Å². The van der Waals surface area contributed by atoms with Crippen LogP contribution in [0.3, 0.4) is 0 Å². The third-order valence-corrected chi connectivity index (χ3v) is 5.43. The number of hydrogen-bond acceptors (Lipinski definition) is 3. The molecular formula is C21H23BrF2N2O2. The smallest absolute Gasteiger partial charge is 0.387 e. The topological polar surface area (TPSA) is 35.7 Å². The zero-order valence-electron chi connectivity index (χ0n) is 15.6. The van der Waals surface area contributed by atoms with Gasteiger partial charge in [-0.05, 0) is 55.7 Å². The van der Waals surface area contributed by atoms with Crippen LogP contribution in [0.2, 0.25) is 0 Å². The molecule has 1 unspecified atom stereocenters. The zero-order valence-corrected chi connectivity index (χ0v) is 17.2. The summed E-state index contributed by atoms with van der Waals surface area (Å²) in [5, 5.41) is 11.6. The van der Waals surface area contributed by atoms with Gasteiger partial charge in [0.25, 0.3) is 11.6 Å². The number of aryl methyl sites for hydroxylation is 1. The van der Waals surface area contributed by atoms with Crippen LogP contribution in [-0.2, 0) is 5.72 Å². The number of halogens is 3. The van der Waals surface area contributed by atoms with Gasteiger partial charge in [0.15, 0.2) is 6.54 Å². The molecule has 4 nitrogen and oxygen atoms in total. The Morgan fingerprint density at radius 3 is 2.50 bits per heavy atom. The average Bonchev–Trinajstić information content (AvgIpc) is 2.97. The monoisotopic (exact) mass is 452 g/mol. The number of anilines is 1. The number of aliphatic hydroxyl groups is 1. The molecule has 2 heterocycles. The summed E-state index contributed by atoms with van der Waals surface area (Å²) in [5.41, 5.74) is 1.73. The van der Waals surface area contributed by atoms with E-state index in [0.29, 0.717) is 12.1 Å². The van der Waals surface area contributed by atoms with Crippen molar-refractivity contribution in [2.24, 2.45) is 0 Å². The summed E-state index contributed by atoms with van der Waals surface area (Å²) in [6, 6.07) is 14.5. The van der Waals surface area contributed by atoms with Crippen LogP contribution in [-0.4, -0.2) is 35.2 Å². The van der Waals surface area contributed by atoms with Crippen LogP contribution in [0, 0.1) is 6.92 Å². The SMILES string of the molecule is Cc1ccccc1N1CC(O)(c2ccc(OC(F)F)cc2)[N+]2=C1CCCC2.[Br-]. The number of hydrogen-bond donors (Lipinski definition) is 1. The summed E-state index contributed by atoms with van der Waals surface area (Å²) < 4.78 is 31.3. The highest BCUT2D eigenvalue weighted by Crippen LogP contribution is 2.37. The van der Waals surface area contributed by atoms with Gasteiger partial charge in [0.05, 0.1) is 6.54 Å². The number of para-hydroxylation sites is 1. The van der Waals surface area contributed by atoms with E-state index in [2.05, 4.69) is 33.3 Å². The van der Waals surface area contributed by atoms with Gasteiger partial charge in [-0.25, -0.2) is 9.48 Å². The predicted octanol–water partition coefficient (Wildman–Crippen LogP) is 0.861. The van der Waals surface area contributed by atoms with Crippen molar-refractivity contribution < 1.29 is 40.2 Å². The Balaban J connectivity index is 0.00000225. The second-order valence-corrected chi connectivity index (χ2v) is 7.12. The molecule has 1 atom stereocenters. The fraction of sp³-hybridized carbons (Fsp3) is 0.381. The lowest BCUT2D eigenvalue weighted by Gasteiger charge is -2.24. The van der Waals surface area contributed by atoms with Crippen molar-refractivity contribution in [3.8, 4) is 5.75 Å². The van der Waals surface area contributed by atoms with Gasteiger partial charge in [-0.3, -0.25) is 0 Å². The maximum Gasteiger partial charge on any atom is 0.387 e. The molecule has 0 spiro atoms. The summed E-state index contributed by atoms with van der Waals surface area (Å²) in [4.78, 5) is 2.19. The van der Waals surface area contributed by atoms with Crippen LogP contribution in [0.5, 0.6) is 5.75 Å². The lowest BCUT2D eigenvalue weighted by molar-refractivity contribution is -0.661. The molecule has 0 radical (unpaired) electrons. The number of ether oxygens (including phenoxy) is 1. The maximum absolute atomic E-state index is 12.4. The molecule has 28 heavy (non-hydrogen) atoms. The minimum absolute atomic E-state index is 0. The van der Waals surface area contributed by atoms with Gasteiger partial charge in [-0.1, -0.05) is 18.2 Å². The maximum atomic E-state index is 12.4. The van der Waals surface area contributed by atoms with Crippen LogP contribution in [0.25, 0.3) is 0 Å². The first-order chi connectivity index (χ1) is 13.0. The van der Waals surface area contributed by atoms with Gasteiger partial charge in [0.2, 0.25) is 0 Å². The summed E-state index contributed by atoms with van der Waals surface area (Å²) in [5.74, 6) is 1.21. The first-order valence-electron chi connectivity index (χ1n) is 9.23. The molecule has 0 saturated carbocycles. The van der Waals surface area contributed by atoms with Gasteiger partial charge in [0.1, 0.15) is 11.4 Å². The van der Waals surface area contributed by atoms with Crippen LogP contribution in [0.15, 0.2) is 48.5 Å². The van der Waals surface area contributed by atoms with Crippen LogP contribution in [0.1, 0.15) is 30.4 Å². The molecule has 0 saturated heterocycles. The lowest BCUT2D eigenvalue weighted by Crippen LogP contribution is -3.00. The van der Waals surface area contributed by atoms with Crippen LogP contribution in [0.4, 0.5) is 14.5 Å². The van der Waals surface area contributed by atoms with Crippen molar-refractivity contribution >= 4 is 11.5 Å². The van der Waals surface area contributed by atoms with Crippen molar-refractivity contribution in [2.75, 3.05) is 18.0 Å². The van der Waals surface area contributed by atoms with E-state index < -0.39 is 12.3 Å². The summed E-state index contributed by atoms with van der Waals surface area (Å²) in [6.07, 6.45) is 3.01. The normalized spacial score (nSPS) is 21.5. The first kappa shape index (κ1) is 20.7. The van der Waals surface area contributed by atoms with E-state index in [1.54, 1.807) is 12.1 Å². The van der Waals surface area contributed by atoms with E-state index in [9.17, 15) is 13.9 Å². The van der Waals surface area contributed by atoms with Gasteiger partial charge >= 0.3 is 6.61 Å². The number of amidine groups is 1. The Hall–Kier alpha value is -1.99. The van der Waals surface area contributed by atoms with E-state index in [0.717, 1.165) is 42.9 Å². The molecule has 1 N–H and O–H groups in total. The highest BCUT2D eigenvalue weighted by molar-refractivity contribution is 5.96. The van der Waals surface area contributed by atoms with Crippen molar-refractivity contribution in [3.63, 3.8) is 0 Å². The van der Waals surface area contributed by atoms with Gasteiger partial charge in [-0.15, -0.1) is 0 Å². The first-order valence-corrected chi connectivity index (χ1v) is 9.23. The van der Waals surface area contributed by atoms with Crippen LogP contribution < -0.4 is 26.6 Å². The molecule has 2 aliphatic heterocycles. The van der Waals surface area contributed by atoms with E-state index in [-0.39, 0.29) is 22.7 Å². The van der Waals surface area contributed by atoms with Crippen molar-refractivity contribution in [3.05, 3.63) is 59.7 Å². The number of benzene rings is 2. The van der Waals surface area contributed by atoms with E-state index in [1.807, 2.05) is 12.1 Å². The highest BCUT2D eigenvalue weighted by Gasteiger charge is 2.52. The summed E-state index contributed by atoms with van der Waals surface area (Å²) >= 11 is 0. The molecule has 7 heteroatoms. The fourth-order valence-electron chi connectivity index (χ4n) is 4.13. The molecule has 0 bridgehead atoms. The number of β-amino-alcohol motifs (C(OH)–C–C–N with tert-alkyl or cyclic N) is 1. The third kappa shape index (κ3) is 3.65. The van der Waals surface area contributed by atoms with Gasteiger partial charge < -0.3 is 26.8 Å².